The number of nitrogens with one attached hydrogen (secondary N) is 5. The average Bonchev–Trinajstić information content (AvgIpc) is 1.40. The number of imidazole rings is 3. The van der Waals surface area contributed by atoms with E-state index in [0.717, 1.165) is 71.0 Å². The first-order valence-electron chi connectivity index (χ1n) is 29.6. The molecule has 32 heteroatoms. The summed E-state index contributed by atoms with van der Waals surface area (Å²) in [5.74, 6) is -1.04. The number of carbonyl (C=O) groups excluding carboxylic acids is 1. The van der Waals surface area contributed by atoms with Gasteiger partial charge in [0.15, 0.2) is 16.9 Å². The number of aromatic nitrogens is 12. The van der Waals surface area contributed by atoms with Crippen molar-refractivity contribution in [2.24, 2.45) is 0 Å². The summed E-state index contributed by atoms with van der Waals surface area (Å²) < 4.78 is 129. The van der Waals surface area contributed by atoms with Crippen molar-refractivity contribution in [2.45, 2.75) is 63.5 Å². The van der Waals surface area contributed by atoms with Crippen LogP contribution < -0.4 is 41.9 Å². The van der Waals surface area contributed by atoms with Gasteiger partial charge in [0.1, 0.15) is 34.9 Å². The van der Waals surface area contributed by atoms with Gasteiger partial charge in [0.05, 0.1) is 38.9 Å². The molecule has 4 aliphatic rings. The van der Waals surface area contributed by atoms with Gasteiger partial charge in [0.2, 0.25) is 17.5 Å². The molecule has 0 unspecified atom stereocenters. The Bertz CT molecular complexity index is 4170. The van der Waals surface area contributed by atoms with Crippen molar-refractivity contribution in [3.8, 4) is 0 Å². The summed E-state index contributed by atoms with van der Waals surface area (Å²) in [4.78, 5) is 69.3. The van der Waals surface area contributed by atoms with Crippen molar-refractivity contribution in [3.63, 3.8) is 0 Å². The number of piperazine rings is 2. The van der Waals surface area contributed by atoms with Crippen LogP contribution in [0, 0.1) is 5.82 Å². The molecule has 0 radical (unpaired) electrons. The van der Waals surface area contributed by atoms with Crippen LogP contribution in [0.25, 0.3) is 44.3 Å². The Labute approximate surface area is 516 Å². The van der Waals surface area contributed by atoms with Crippen molar-refractivity contribution in [2.75, 3.05) is 110 Å². The van der Waals surface area contributed by atoms with Crippen molar-refractivity contribution < 1.29 is 48.7 Å². The van der Waals surface area contributed by atoms with Crippen LogP contribution in [-0.4, -0.2) is 149 Å². The quantitative estimate of drug-likeness (QED) is 0.0731. The Morgan fingerprint density at radius 1 is 0.489 bits per heavy atom. The number of hydrogen-bond donors (Lipinski definition) is 7. The molecule has 0 spiro atoms. The minimum absolute atomic E-state index is 0.0491. The number of carbonyl (C=O) groups is 1. The van der Waals surface area contributed by atoms with Crippen molar-refractivity contribution in [1.82, 2.24) is 70.3 Å². The number of fused-ring (bicyclic) bond motifs is 4. The molecule has 4 fully saturated rings. The third kappa shape index (κ3) is 15.0. The number of piperidine rings is 2. The fraction of sp³-hybridized carbons (Fsp3) is 0.367. The van der Waals surface area contributed by atoms with E-state index in [-0.39, 0.29) is 53.1 Å². The van der Waals surface area contributed by atoms with Gasteiger partial charge in [-0.2, -0.15) is 44.6 Å². The minimum Gasteiger partial charge on any atom is -0.396 e. The molecule has 0 saturated carbocycles. The molecule has 2 aromatic carbocycles. The predicted molar refractivity (Wildman–Crippen MR) is 327 cm³/mol. The number of alkyl halides is 9. The highest BCUT2D eigenvalue weighted by atomic mass is 19.4. The van der Waals surface area contributed by atoms with Crippen LogP contribution in [0.4, 0.5) is 78.7 Å². The number of aromatic amines is 4. The van der Waals surface area contributed by atoms with E-state index in [1.807, 2.05) is 21.9 Å². The number of pyridine rings is 4. The molecular formula is C60H62F10N20O2. The van der Waals surface area contributed by atoms with Gasteiger partial charge in [-0.05, 0) is 111 Å². The normalized spacial score (nSPS) is 15.9. The van der Waals surface area contributed by atoms with Gasteiger partial charge in [-0.3, -0.25) is 9.59 Å². The molecule has 92 heavy (non-hydrogen) atoms. The molecule has 0 atom stereocenters. The zero-order chi connectivity index (χ0) is 64.9. The Hall–Kier alpha value is -9.88. The van der Waals surface area contributed by atoms with Crippen LogP contribution in [-0.2, 0) is 24.9 Å². The standard InChI is InChI=1S/C27H21F4N7O2.C12H13F3N4.C11H12F3N5.C10H16N4/c28-19-6-5-15(14-21-16-3-1-2-4-17(16)24(39)36-35-21)13-18(19)25(40)38-11-9-37(10-12-38)22-8-7-20-23(33-22)34-26(32-20)27(29,30)31;13-12(14,15)11-16-8-4-5-9(17-10(8)18-11)19-6-2-1-3-7-19;12-11(13,14)10-16-7-1-2-8(17-9(7)18-10)19-5-3-15-4-6-19;11-8-4-5-9(13-10(8)12)14-6-2-1-3-7-14/h1-8,13H,9-12,14H2,(H,36,39)(H,32,33,34);4-5H,1-3,6-7H2,(H,16,17,18);1-2,15H,3-6H2,(H,16,17,18);4-5H,1-3,6-7,11H2,(H2,12,13). The van der Waals surface area contributed by atoms with Crippen LogP contribution >= 0.6 is 0 Å². The Kier molecular flexibility index (Phi) is 18.6. The molecule has 1 amide bonds. The maximum atomic E-state index is 14.8. The summed E-state index contributed by atoms with van der Waals surface area (Å²) in [6.07, 6.45) is -6.09. The number of hydrogen-bond acceptors (Lipinski definition) is 17. The largest absolute Gasteiger partial charge is 0.449 e. The highest BCUT2D eigenvalue weighted by Gasteiger charge is 2.37. The summed E-state index contributed by atoms with van der Waals surface area (Å²) in [5.41, 5.74) is 13.7. The van der Waals surface area contributed by atoms with Crippen LogP contribution in [0.1, 0.15) is 77.6 Å². The Morgan fingerprint density at radius 2 is 0.924 bits per heavy atom. The van der Waals surface area contributed by atoms with E-state index in [9.17, 15) is 53.5 Å². The lowest BCUT2D eigenvalue weighted by molar-refractivity contribution is -0.144. The van der Waals surface area contributed by atoms with Gasteiger partial charge in [-0.15, -0.1) is 0 Å². The molecule has 484 valence electrons. The summed E-state index contributed by atoms with van der Waals surface area (Å²) in [6.45, 7) is 8.46. The maximum Gasteiger partial charge on any atom is 0.449 e. The monoisotopic (exact) mass is 1280 g/mol. The van der Waals surface area contributed by atoms with Gasteiger partial charge in [-0.1, -0.05) is 24.3 Å². The van der Waals surface area contributed by atoms with E-state index in [1.54, 1.807) is 60.7 Å². The summed E-state index contributed by atoms with van der Waals surface area (Å²) in [6, 6.07) is 24.8. The second-order valence-electron chi connectivity index (χ2n) is 22.2. The van der Waals surface area contributed by atoms with Crippen LogP contribution in [0.3, 0.4) is 0 Å². The zero-order valence-corrected chi connectivity index (χ0v) is 49.2. The Balaban J connectivity index is 0.000000139. The molecule has 12 heterocycles. The fourth-order valence-corrected chi connectivity index (χ4v) is 11.0. The van der Waals surface area contributed by atoms with Crippen LogP contribution in [0.15, 0.2) is 95.8 Å². The summed E-state index contributed by atoms with van der Waals surface area (Å²) >= 11 is 0. The lowest BCUT2D eigenvalue weighted by Gasteiger charge is -2.35. The SMILES string of the molecule is FC(F)(F)c1nc2nc(N3CCCCC3)ccc2[nH]1.FC(F)(F)c1nc2nc(N3CCNCC3)ccc2[nH]1.Nc1ccc(N2CCCCC2)nc1N.O=C(c1cc(Cc2n[nH]c(=O)c3ccccc23)ccc1F)N1CCN(c2ccc3[nH]c(C(F)(F)F)nc3n2)CC1. The van der Waals surface area contributed by atoms with E-state index in [2.05, 4.69) is 75.2 Å². The summed E-state index contributed by atoms with van der Waals surface area (Å²) in [5, 5.41) is 11.0. The Morgan fingerprint density at radius 3 is 1.39 bits per heavy atom. The zero-order valence-electron chi connectivity index (χ0n) is 49.2. The molecule has 9 N–H and O–H groups in total. The molecular weight excluding hydrogens is 1220 g/mol. The van der Waals surface area contributed by atoms with Crippen LogP contribution in [0.2, 0.25) is 0 Å². The van der Waals surface area contributed by atoms with E-state index < -0.39 is 47.7 Å². The number of nitrogen functional groups attached to an aromatic ring is 2. The predicted octanol–water partition coefficient (Wildman–Crippen LogP) is 9.50. The molecule has 14 rings (SSSR count). The van der Waals surface area contributed by atoms with E-state index >= 15 is 0 Å². The molecule has 22 nitrogen and oxygen atoms in total. The first-order chi connectivity index (χ1) is 44.0. The molecule has 0 aliphatic carbocycles. The third-order valence-corrected chi connectivity index (χ3v) is 15.8. The van der Waals surface area contributed by atoms with Crippen molar-refractivity contribution >= 4 is 84.9 Å². The number of rotatable bonds is 7. The van der Waals surface area contributed by atoms with Gasteiger partial charge < -0.3 is 56.2 Å². The highest BCUT2D eigenvalue weighted by molar-refractivity contribution is 5.95. The van der Waals surface area contributed by atoms with Crippen LogP contribution in [0.5, 0.6) is 0 Å². The summed E-state index contributed by atoms with van der Waals surface area (Å²) in [7, 11) is 0. The van der Waals surface area contributed by atoms with E-state index in [0.29, 0.717) is 75.1 Å². The fourth-order valence-electron chi connectivity index (χ4n) is 11.0. The maximum absolute atomic E-state index is 14.8. The number of benzene rings is 2. The molecule has 10 aromatic rings. The van der Waals surface area contributed by atoms with Crippen molar-refractivity contribution in [3.05, 3.63) is 141 Å². The number of nitrogens with zero attached hydrogens (tertiary/aromatic N) is 13. The second kappa shape index (κ2) is 26.9. The first-order valence-corrected chi connectivity index (χ1v) is 29.6. The van der Waals surface area contributed by atoms with E-state index in [4.69, 9.17) is 11.5 Å². The topological polar surface area (TPSA) is 281 Å². The lowest BCUT2D eigenvalue weighted by atomic mass is 10.0. The van der Waals surface area contributed by atoms with Gasteiger partial charge in [0.25, 0.3) is 11.5 Å². The first kappa shape index (κ1) is 63.7. The van der Waals surface area contributed by atoms with Gasteiger partial charge >= 0.3 is 18.5 Å². The molecule has 8 aromatic heterocycles. The number of amides is 1. The lowest BCUT2D eigenvalue weighted by Crippen LogP contribution is -2.49. The average molecular weight is 1290 g/mol. The number of H-pyrrole nitrogens is 4. The minimum atomic E-state index is -4.61. The number of nitrogens with two attached hydrogens (primary N) is 2. The van der Waals surface area contributed by atoms with Gasteiger partial charge in [-0.25, -0.2) is 44.4 Å². The molecule has 0 bridgehead atoms. The molecule has 4 saturated heterocycles. The number of halogens is 10. The van der Waals surface area contributed by atoms with Gasteiger partial charge in [0, 0.05) is 90.3 Å². The third-order valence-electron chi connectivity index (χ3n) is 15.8. The number of anilines is 6. The smallest absolute Gasteiger partial charge is 0.396 e. The highest BCUT2D eigenvalue weighted by Crippen LogP contribution is 2.33. The van der Waals surface area contributed by atoms with E-state index in [1.165, 1.54) is 48.8 Å². The second-order valence-corrected chi connectivity index (χ2v) is 22.2. The van der Waals surface area contributed by atoms with Crippen molar-refractivity contribution in [1.29, 1.82) is 0 Å². The molecule has 4 aliphatic heterocycles.